The Balaban J connectivity index is 2.26. The lowest BCUT2D eigenvalue weighted by Gasteiger charge is -2.30. The first-order chi connectivity index (χ1) is 10.5. The minimum Gasteiger partial charge on any atom is -0.299 e. The molecule has 1 aromatic rings. The zero-order valence-electron chi connectivity index (χ0n) is 13.7. The van der Waals surface area contributed by atoms with Crippen molar-refractivity contribution >= 4 is 6.08 Å². The van der Waals surface area contributed by atoms with Gasteiger partial charge in [0.25, 0.3) is 0 Å². The van der Waals surface area contributed by atoms with E-state index in [2.05, 4.69) is 31.7 Å². The molecule has 3 nitrogen and oxygen atoms in total. The van der Waals surface area contributed by atoms with Crippen LogP contribution in [0.4, 0.5) is 0 Å². The molecule has 0 spiro atoms. The Kier molecular flexibility index (Phi) is 5.36. The highest BCUT2D eigenvalue weighted by molar-refractivity contribution is 5.65. The van der Waals surface area contributed by atoms with Crippen molar-refractivity contribution in [3.05, 3.63) is 40.0 Å². The molecule has 22 heavy (non-hydrogen) atoms. The molecule has 2 rings (SSSR count). The predicted molar refractivity (Wildman–Crippen MR) is 88.8 cm³/mol. The Bertz CT molecular complexity index is 634. The fourth-order valence-corrected chi connectivity index (χ4v) is 2.98. The van der Waals surface area contributed by atoms with Gasteiger partial charge in [-0.3, -0.25) is 4.90 Å². The largest absolute Gasteiger partial charge is 0.299 e. The number of likely N-dealkylation sites (tertiary alicyclic amines) is 1. The monoisotopic (exact) mass is 293 g/mol. The van der Waals surface area contributed by atoms with Crippen LogP contribution in [0.5, 0.6) is 0 Å². The summed E-state index contributed by atoms with van der Waals surface area (Å²) in [4.78, 5) is 2.50. The number of allylic oxidation sites excluding steroid dienone is 1. The molecule has 0 unspecified atom stereocenters. The lowest BCUT2D eigenvalue weighted by Crippen LogP contribution is -2.32. The molecule has 0 aliphatic carbocycles. The van der Waals surface area contributed by atoms with Crippen molar-refractivity contribution in [3.63, 3.8) is 0 Å². The normalized spacial score (nSPS) is 15.9. The molecule has 114 valence electrons. The summed E-state index contributed by atoms with van der Waals surface area (Å²) < 4.78 is 0. The number of hydrogen-bond acceptors (Lipinski definition) is 3. The quantitative estimate of drug-likeness (QED) is 0.792. The molecule has 0 bridgehead atoms. The summed E-state index contributed by atoms with van der Waals surface area (Å²) in [7, 11) is 0. The molecule has 1 saturated heterocycles. The van der Waals surface area contributed by atoms with Crippen molar-refractivity contribution in [2.45, 2.75) is 40.2 Å². The summed E-state index contributed by atoms with van der Waals surface area (Å²) in [5, 5.41) is 17.9. The fraction of sp³-hybridized carbons (Fsp3) is 0.474. The van der Waals surface area contributed by atoms with Crippen LogP contribution in [0.3, 0.4) is 0 Å². The first-order valence-corrected chi connectivity index (χ1v) is 7.88. The Morgan fingerprint density at radius 1 is 1.23 bits per heavy atom. The molecule has 0 N–H and O–H groups in total. The van der Waals surface area contributed by atoms with Gasteiger partial charge in [-0.1, -0.05) is 24.6 Å². The lowest BCUT2D eigenvalue weighted by atomic mass is 9.95. The number of nitriles is 2. The standard InChI is InChI=1S/C19H23N3/c1-14-4-6-22(7-5-14)13-19-9-15(2)8-18(16(19)3)10-17(11-20)12-21/h8-10,14H,4-7,13H2,1-3H3. The third kappa shape index (κ3) is 3.97. The maximum Gasteiger partial charge on any atom is 0.130 e. The summed E-state index contributed by atoms with van der Waals surface area (Å²) in [5.41, 5.74) is 4.79. The second kappa shape index (κ2) is 7.25. The van der Waals surface area contributed by atoms with Gasteiger partial charge >= 0.3 is 0 Å². The van der Waals surface area contributed by atoms with Crippen LogP contribution in [-0.2, 0) is 6.54 Å². The molecule has 0 aromatic heterocycles. The Morgan fingerprint density at radius 3 is 2.45 bits per heavy atom. The summed E-state index contributed by atoms with van der Waals surface area (Å²) in [5.74, 6) is 0.835. The maximum absolute atomic E-state index is 8.95. The molecular formula is C19H23N3. The number of nitrogens with zero attached hydrogens (tertiary/aromatic N) is 3. The van der Waals surface area contributed by atoms with Crippen LogP contribution in [-0.4, -0.2) is 18.0 Å². The van der Waals surface area contributed by atoms with Gasteiger partial charge in [-0.05, 0) is 68.5 Å². The molecule has 1 fully saturated rings. The van der Waals surface area contributed by atoms with E-state index >= 15 is 0 Å². The molecule has 0 amide bonds. The zero-order chi connectivity index (χ0) is 16.1. The minimum atomic E-state index is 0.159. The third-order valence-corrected chi connectivity index (χ3v) is 4.51. The van der Waals surface area contributed by atoms with Crippen LogP contribution in [0.25, 0.3) is 6.08 Å². The van der Waals surface area contributed by atoms with Crippen LogP contribution in [0, 0.1) is 42.4 Å². The van der Waals surface area contributed by atoms with Crippen molar-refractivity contribution in [2.75, 3.05) is 13.1 Å². The van der Waals surface area contributed by atoms with Gasteiger partial charge in [0.1, 0.15) is 17.7 Å². The highest BCUT2D eigenvalue weighted by Gasteiger charge is 2.17. The smallest absolute Gasteiger partial charge is 0.130 e. The molecular weight excluding hydrogens is 270 g/mol. The predicted octanol–water partition coefficient (Wildman–Crippen LogP) is 3.97. The van der Waals surface area contributed by atoms with Crippen LogP contribution >= 0.6 is 0 Å². The van der Waals surface area contributed by atoms with Crippen molar-refractivity contribution < 1.29 is 0 Å². The SMILES string of the molecule is Cc1cc(C=C(C#N)C#N)c(C)c(CN2CCC(C)CC2)c1. The Hall–Kier alpha value is -2.10. The number of aryl methyl sites for hydroxylation is 1. The van der Waals surface area contributed by atoms with E-state index in [9.17, 15) is 0 Å². The van der Waals surface area contributed by atoms with E-state index in [1.54, 1.807) is 6.08 Å². The average Bonchev–Trinajstić information content (AvgIpc) is 2.51. The molecule has 0 atom stereocenters. The van der Waals surface area contributed by atoms with E-state index in [1.807, 2.05) is 18.2 Å². The van der Waals surface area contributed by atoms with E-state index in [0.717, 1.165) is 31.1 Å². The number of piperidine rings is 1. The topological polar surface area (TPSA) is 50.8 Å². The van der Waals surface area contributed by atoms with E-state index in [1.165, 1.54) is 29.5 Å². The molecule has 1 aliphatic rings. The van der Waals surface area contributed by atoms with Crippen molar-refractivity contribution in [2.24, 2.45) is 5.92 Å². The van der Waals surface area contributed by atoms with Gasteiger partial charge in [0.15, 0.2) is 0 Å². The van der Waals surface area contributed by atoms with Gasteiger partial charge in [-0.2, -0.15) is 10.5 Å². The van der Waals surface area contributed by atoms with Crippen LogP contribution in [0.1, 0.15) is 42.0 Å². The van der Waals surface area contributed by atoms with Gasteiger partial charge < -0.3 is 0 Å². The maximum atomic E-state index is 8.95. The van der Waals surface area contributed by atoms with E-state index in [-0.39, 0.29) is 5.57 Å². The van der Waals surface area contributed by atoms with Gasteiger partial charge in [0.05, 0.1) is 0 Å². The second-order valence-corrected chi connectivity index (χ2v) is 6.38. The first kappa shape index (κ1) is 16.3. The van der Waals surface area contributed by atoms with Gasteiger partial charge in [0, 0.05) is 6.54 Å². The average molecular weight is 293 g/mol. The van der Waals surface area contributed by atoms with Crippen molar-refractivity contribution in [3.8, 4) is 12.1 Å². The zero-order valence-corrected chi connectivity index (χ0v) is 13.7. The second-order valence-electron chi connectivity index (χ2n) is 6.38. The minimum absolute atomic E-state index is 0.159. The number of rotatable bonds is 3. The molecule has 1 aromatic carbocycles. The van der Waals surface area contributed by atoms with Crippen LogP contribution < -0.4 is 0 Å². The van der Waals surface area contributed by atoms with E-state index < -0.39 is 0 Å². The molecule has 1 heterocycles. The summed E-state index contributed by atoms with van der Waals surface area (Å²) in [6.07, 6.45) is 4.24. The Morgan fingerprint density at radius 2 is 1.86 bits per heavy atom. The van der Waals surface area contributed by atoms with Crippen LogP contribution in [0.15, 0.2) is 17.7 Å². The highest BCUT2D eigenvalue weighted by Crippen LogP contribution is 2.23. The summed E-state index contributed by atoms with van der Waals surface area (Å²) in [6.45, 7) is 9.73. The number of benzene rings is 1. The van der Waals surface area contributed by atoms with Gasteiger partial charge in [0.2, 0.25) is 0 Å². The van der Waals surface area contributed by atoms with Crippen molar-refractivity contribution in [1.29, 1.82) is 10.5 Å². The number of hydrogen-bond donors (Lipinski definition) is 0. The Labute approximate surface area is 133 Å². The highest BCUT2D eigenvalue weighted by atomic mass is 15.1. The molecule has 3 heteroatoms. The van der Waals surface area contributed by atoms with E-state index in [0.29, 0.717) is 0 Å². The lowest BCUT2D eigenvalue weighted by molar-refractivity contribution is 0.185. The molecule has 1 aliphatic heterocycles. The summed E-state index contributed by atoms with van der Waals surface area (Å²) in [6, 6.07) is 8.16. The van der Waals surface area contributed by atoms with Crippen molar-refractivity contribution in [1.82, 2.24) is 4.90 Å². The fourth-order valence-electron chi connectivity index (χ4n) is 2.98. The first-order valence-electron chi connectivity index (χ1n) is 7.88. The van der Waals surface area contributed by atoms with Crippen LogP contribution in [0.2, 0.25) is 0 Å². The van der Waals surface area contributed by atoms with Gasteiger partial charge in [-0.25, -0.2) is 0 Å². The third-order valence-electron chi connectivity index (χ3n) is 4.51. The van der Waals surface area contributed by atoms with E-state index in [4.69, 9.17) is 10.5 Å². The summed E-state index contributed by atoms with van der Waals surface area (Å²) >= 11 is 0. The molecule has 0 radical (unpaired) electrons. The van der Waals surface area contributed by atoms with Gasteiger partial charge in [-0.15, -0.1) is 0 Å². The molecule has 0 saturated carbocycles.